The van der Waals surface area contributed by atoms with Crippen LogP contribution in [-0.2, 0) is 9.53 Å². The fourth-order valence-electron chi connectivity index (χ4n) is 2.88. The first kappa shape index (κ1) is 16.2. The fourth-order valence-corrected chi connectivity index (χ4v) is 2.88. The molecule has 24 heavy (non-hydrogen) atoms. The zero-order chi connectivity index (χ0) is 17.1. The number of hydrogen-bond donors (Lipinski definition) is 2. The Hall–Kier alpha value is -2.67. The number of hydrogen-bond acceptors (Lipinski definition) is 4. The number of carbonyl (C=O) groups excluding carboxylic acids is 2. The summed E-state index contributed by atoms with van der Waals surface area (Å²) in [6, 6.07) is 7.38. The number of nitrogens with one attached hydrogen (secondary N) is 2. The highest BCUT2D eigenvalue weighted by molar-refractivity contribution is 5.97. The second-order valence-electron chi connectivity index (χ2n) is 5.75. The van der Waals surface area contributed by atoms with Gasteiger partial charge in [0.15, 0.2) is 0 Å². The SMILES string of the molecule is Cc1cc(C(=O)NNC(=O)[C@@H]2CCCO2)c(C)n1-c1ccccn1. The number of amides is 2. The average molecular weight is 328 g/mol. The van der Waals surface area contributed by atoms with E-state index in [4.69, 9.17) is 4.74 Å². The van der Waals surface area contributed by atoms with Gasteiger partial charge in [0.25, 0.3) is 11.8 Å². The Morgan fingerprint density at radius 1 is 1.29 bits per heavy atom. The van der Waals surface area contributed by atoms with Crippen LogP contribution in [0.1, 0.15) is 34.6 Å². The monoisotopic (exact) mass is 328 g/mol. The molecule has 0 aromatic carbocycles. The summed E-state index contributed by atoms with van der Waals surface area (Å²) < 4.78 is 7.18. The molecule has 0 bridgehead atoms. The molecule has 1 atom stereocenters. The zero-order valence-electron chi connectivity index (χ0n) is 13.7. The molecule has 2 amide bonds. The van der Waals surface area contributed by atoms with Crippen molar-refractivity contribution in [1.82, 2.24) is 20.4 Å². The van der Waals surface area contributed by atoms with Crippen molar-refractivity contribution in [2.75, 3.05) is 6.61 Å². The third-order valence-corrected chi connectivity index (χ3v) is 4.08. The molecule has 1 saturated heterocycles. The molecule has 7 nitrogen and oxygen atoms in total. The van der Waals surface area contributed by atoms with E-state index < -0.39 is 6.10 Å². The highest BCUT2D eigenvalue weighted by Crippen LogP contribution is 2.19. The minimum absolute atomic E-state index is 0.320. The number of nitrogens with zero attached hydrogens (tertiary/aromatic N) is 2. The summed E-state index contributed by atoms with van der Waals surface area (Å²) in [4.78, 5) is 28.6. The van der Waals surface area contributed by atoms with Crippen molar-refractivity contribution >= 4 is 11.8 Å². The van der Waals surface area contributed by atoms with E-state index in [0.717, 1.165) is 23.6 Å². The van der Waals surface area contributed by atoms with Crippen molar-refractivity contribution in [3.63, 3.8) is 0 Å². The van der Waals surface area contributed by atoms with Gasteiger partial charge in [0.1, 0.15) is 11.9 Å². The highest BCUT2D eigenvalue weighted by Gasteiger charge is 2.24. The van der Waals surface area contributed by atoms with Crippen LogP contribution in [0.3, 0.4) is 0 Å². The number of hydrazine groups is 1. The van der Waals surface area contributed by atoms with Crippen molar-refractivity contribution in [3.8, 4) is 5.82 Å². The van der Waals surface area contributed by atoms with Crippen molar-refractivity contribution in [3.05, 3.63) is 47.4 Å². The summed E-state index contributed by atoms with van der Waals surface area (Å²) in [5.41, 5.74) is 7.03. The van der Waals surface area contributed by atoms with Gasteiger partial charge in [0.2, 0.25) is 0 Å². The molecular formula is C17H20N4O3. The zero-order valence-corrected chi connectivity index (χ0v) is 13.7. The predicted molar refractivity (Wildman–Crippen MR) is 87.6 cm³/mol. The molecule has 2 aromatic rings. The topological polar surface area (TPSA) is 85.3 Å². The normalized spacial score (nSPS) is 16.8. The molecule has 2 N–H and O–H groups in total. The molecule has 0 spiro atoms. The molecule has 1 fully saturated rings. The summed E-state index contributed by atoms with van der Waals surface area (Å²) in [5.74, 6) is 0.0611. The van der Waals surface area contributed by atoms with Gasteiger partial charge in [-0.3, -0.25) is 20.4 Å². The number of aryl methyl sites for hydroxylation is 1. The van der Waals surface area contributed by atoms with Crippen molar-refractivity contribution in [2.45, 2.75) is 32.8 Å². The van der Waals surface area contributed by atoms with Gasteiger partial charge in [-0.25, -0.2) is 4.98 Å². The maximum absolute atomic E-state index is 12.4. The Morgan fingerprint density at radius 3 is 2.79 bits per heavy atom. The van der Waals surface area contributed by atoms with E-state index in [1.165, 1.54) is 0 Å². The Bertz CT molecular complexity index is 749. The maximum atomic E-state index is 12.4. The Kier molecular flexibility index (Phi) is 4.61. The lowest BCUT2D eigenvalue weighted by Gasteiger charge is -2.12. The molecule has 126 valence electrons. The number of carbonyl (C=O) groups is 2. The maximum Gasteiger partial charge on any atom is 0.271 e. The fraction of sp³-hybridized carbons (Fsp3) is 0.353. The molecule has 3 rings (SSSR count). The summed E-state index contributed by atoms with van der Waals surface area (Å²) in [5, 5.41) is 0. The number of aromatic nitrogens is 2. The van der Waals surface area contributed by atoms with Crippen molar-refractivity contribution in [1.29, 1.82) is 0 Å². The Balaban J connectivity index is 1.73. The molecule has 7 heteroatoms. The molecule has 0 radical (unpaired) electrons. The van der Waals surface area contributed by atoms with Crippen LogP contribution in [0.15, 0.2) is 30.5 Å². The molecule has 1 aliphatic rings. The first-order chi connectivity index (χ1) is 11.6. The van der Waals surface area contributed by atoms with E-state index in [1.54, 1.807) is 12.3 Å². The van der Waals surface area contributed by atoms with Crippen LogP contribution in [-0.4, -0.2) is 34.1 Å². The van der Waals surface area contributed by atoms with Gasteiger partial charge < -0.3 is 9.30 Å². The van der Waals surface area contributed by atoms with Crippen LogP contribution in [0.2, 0.25) is 0 Å². The van der Waals surface area contributed by atoms with Gasteiger partial charge in [-0.05, 0) is 44.9 Å². The average Bonchev–Trinajstić information content (AvgIpc) is 3.21. The summed E-state index contributed by atoms with van der Waals surface area (Å²) in [6.07, 6.45) is 2.76. The quantitative estimate of drug-likeness (QED) is 0.835. The standard InChI is InChI=1S/C17H20N4O3/c1-11-10-13(12(2)21(11)15-7-3-4-8-18-15)16(22)19-20-17(23)14-6-5-9-24-14/h3-4,7-8,10,14H,5-6,9H2,1-2H3,(H,19,22)(H,20,23)/t14-/m0/s1. The minimum Gasteiger partial charge on any atom is -0.368 e. The van der Waals surface area contributed by atoms with E-state index in [-0.39, 0.29) is 11.8 Å². The lowest BCUT2D eigenvalue weighted by molar-refractivity contribution is -0.130. The Labute approximate surface area is 140 Å². The second-order valence-corrected chi connectivity index (χ2v) is 5.75. The summed E-state index contributed by atoms with van der Waals surface area (Å²) in [6.45, 7) is 4.33. The number of pyridine rings is 1. The molecule has 1 aliphatic heterocycles. The summed E-state index contributed by atoms with van der Waals surface area (Å²) >= 11 is 0. The molecule has 3 heterocycles. The number of ether oxygens (including phenoxy) is 1. The van der Waals surface area contributed by atoms with E-state index in [2.05, 4.69) is 15.8 Å². The molecule has 0 saturated carbocycles. The first-order valence-corrected chi connectivity index (χ1v) is 7.90. The molecular weight excluding hydrogens is 308 g/mol. The third-order valence-electron chi connectivity index (χ3n) is 4.08. The lowest BCUT2D eigenvalue weighted by Crippen LogP contribution is -2.46. The van der Waals surface area contributed by atoms with Crippen LogP contribution in [0, 0.1) is 13.8 Å². The van der Waals surface area contributed by atoms with Crippen LogP contribution < -0.4 is 10.9 Å². The van der Waals surface area contributed by atoms with Gasteiger partial charge in [0, 0.05) is 24.2 Å². The van der Waals surface area contributed by atoms with Crippen LogP contribution >= 0.6 is 0 Å². The van der Waals surface area contributed by atoms with Gasteiger partial charge in [-0.15, -0.1) is 0 Å². The van der Waals surface area contributed by atoms with E-state index in [1.807, 2.05) is 36.6 Å². The molecule has 2 aromatic heterocycles. The van der Waals surface area contributed by atoms with Crippen LogP contribution in [0.4, 0.5) is 0 Å². The smallest absolute Gasteiger partial charge is 0.271 e. The first-order valence-electron chi connectivity index (χ1n) is 7.90. The molecule has 0 aliphatic carbocycles. The summed E-state index contributed by atoms with van der Waals surface area (Å²) in [7, 11) is 0. The lowest BCUT2D eigenvalue weighted by atomic mass is 10.2. The molecule has 0 unspecified atom stereocenters. The van der Waals surface area contributed by atoms with Gasteiger partial charge in [-0.1, -0.05) is 6.07 Å². The van der Waals surface area contributed by atoms with Gasteiger partial charge >= 0.3 is 0 Å². The Morgan fingerprint density at radius 2 is 2.12 bits per heavy atom. The predicted octanol–water partition coefficient (Wildman–Crippen LogP) is 1.43. The van der Waals surface area contributed by atoms with Crippen molar-refractivity contribution in [2.24, 2.45) is 0 Å². The van der Waals surface area contributed by atoms with E-state index in [9.17, 15) is 9.59 Å². The van der Waals surface area contributed by atoms with Gasteiger partial charge in [-0.2, -0.15) is 0 Å². The van der Waals surface area contributed by atoms with Crippen LogP contribution in [0.25, 0.3) is 5.82 Å². The largest absolute Gasteiger partial charge is 0.368 e. The minimum atomic E-state index is -0.480. The third kappa shape index (κ3) is 3.16. The van der Waals surface area contributed by atoms with E-state index >= 15 is 0 Å². The second kappa shape index (κ2) is 6.84. The number of rotatable bonds is 3. The highest BCUT2D eigenvalue weighted by atomic mass is 16.5. The van der Waals surface area contributed by atoms with Gasteiger partial charge in [0.05, 0.1) is 5.56 Å². The van der Waals surface area contributed by atoms with Crippen molar-refractivity contribution < 1.29 is 14.3 Å². The van der Waals surface area contributed by atoms with Crippen LogP contribution in [0.5, 0.6) is 0 Å². The van der Waals surface area contributed by atoms with E-state index in [0.29, 0.717) is 18.6 Å².